The number of nitrogens with zero attached hydrogens (tertiary/aromatic N) is 3. The van der Waals surface area contributed by atoms with Gasteiger partial charge in [0.1, 0.15) is 5.54 Å². The number of hydrogen-bond acceptors (Lipinski definition) is 6. The first-order chi connectivity index (χ1) is 9.83. The van der Waals surface area contributed by atoms with Gasteiger partial charge in [-0.1, -0.05) is 12.2 Å². The Morgan fingerprint density at radius 3 is 2.52 bits per heavy atom. The van der Waals surface area contributed by atoms with Crippen LogP contribution in [0.2, 0.25) is 0 Å². The zero-order valence-corrected chi connectivity index (χ0v) is 11.9. The molecule has 2 unspecified atom stereocenters. The van der Waals surface area contributed by atoms with Crippen molar-refractivity contribution in [3.05, 3.63) is 57.8 Å². The summed E-state index contributed by atoms with van der Waals surface area (Å²) in [5.41, 5.74) is 13.2. The van der Waals surface area contributed by atoms with Crippen LogP contribution in [0.3, 0.4) is 0 Å². The third-order valence-electron chi connectivity index (χ3n) is 3.53. The highest BCUT2D eigenvalue weighted by molar-refractivity contribution is 5.44. The van der Waals surface area contributed by atoms with E-state index in [2.05, 4.69) is 10.2 Å². The van der Waals surface area contributed by atoms with E-state index in [0.29, 0.717) is 11.4 Å². The van der Waals surface area contributed by atoms with Crippen LogP contribution in [0.5, 0.6) is 0 Å². The van der Waals surface area contributed by atoms with E-state index in [1.165, 1.54) is 24.3 Å². The smallest absolute Gasteiger partial charge is 0.269 e. The molecule has 7 heteroatoms. The number of azo groups is 1. The summed E-state index contributed by atoms with van der Waals surface area (Å²) >= 11 is 0. The van der Waals surface area contributed by atoms with Crippen LogP contribution in [0.4, 0.5) is 11.4 Å². The van der Waals surface area contributed by atoms with E-state index >= 15 is 0 Å². The number of nitrogens with two attached hydrogens (primary N) is 2. The minimum atomic E-state index is -0.748. The molecular weight excluding hydrogens is 270 g/mol. The molecule has 7 nitrogen and oxygen atoms in total. The Morgan fingerprint density at radius 2 is 1.95 bits per heavy atom. The van der Waals surface area contributed by atoms with Crippen LogP contribution in [0.15, 0.2) is 57.9 Å². The summed E-state index contributed by atoms with van der Waals surface area (Å²) in [6.07, 6.45) is 3.65. The molecule has 2 atom stereocenters. The SMILES string of the molecule is CC1=C(N)C(C)(N=Nc2ccc([N+](=O)[O-])cc2)C=CC1N. The molecule has 1 aliphatic rings. The molecule has 1 aromatic carbocycles. The summed E-state index contributed by atoms with van der Waals surface area (Å²) in [5, 5.41) is 19.0. The molecule has 0 bridgehead atoms. The quantitative estimate of drug-likeness (QED) is 0.384. The van der Waals surface area contributed by atoms with Gasteiger partial charge < -0.3 is 11.5 Å². The van der Waals surface area contributed by atoms with Gasteiger partial charge in [-0.3, -0.25) is 10.1 Å². The number of hydrogen-bond donors (Lipinski definition) is 2. The fraction of sp³-hybridized carbons (Fsp3) is 0.286. The van der Waals surface area contributed by atoms with Crippen molar-refractivity contribution < 1.29 is 4.92 Å². The van der Waals surface area contributed by atoms with Gasteiger partial charge in [0.05, 0.1) is 10.6 Å². The molecule has 0 fully saturated rings. The molecule has 0 saturated carbocycles. The predicted octanol–water partition coefficient (Wildman–Crippen LogP) is 2.57. The molecular formula is C14H17N5O2. The second-order valence-electron chi connectivity index (χ2n) is 5.10. The average molecular weight is 287 g/mol. The molecule has 0 aliphatic heterocycles. The number of nitro groups is 1. The van der Waals surface area contributed by atoms with Crippen molar-refractivity contribution in [3.8, 4) is 0 Å². The van der Waals surface area contributed by atoms with Crippen molar-refractivity contribution in [2.45, 2.75) is 25.4 Å². The van der Waals surface area contributed by atoms with Gasteiger partial charge >= 0.3 is 0 Å². The summed E-state index contributed by atoms with van der Waals surface area (Å²) in [4.78, 5) is 10.1. The summed E-state index contributed by atoms with van der Waals surface area (Å²) < 4.78 is 0. The lowest BCUT2D eigenvalue weighted by Crippen LogP contribution is -2.37. The Kier molecular flexibility index (Phi) is 3.86. The molecule has 0 heterocycles. The first-order valence-electron chi connectivity index (χ1n) is 6.42. The second kappa shape index (κ2) is 5.45. The Morgan fingerprint density at radius 1 is 1.33 bits per heavy atom. The number of non-ortho nitro benzene ring substituents is 1. The Bertz CT molecular complexity index is 648. The minimum Gasteiger partial charge on any atom is -0.400 e. The molecule has 0 spiro atoms. The molecule has 1 aliphatic carbocycles. The van der Waals surface area contributed by atoms with Crippen molar-refractivity contribution >= 4 is 11.4 Å². The van der Waals surface area contributed by atoms with Gasteiger partial charge in [0.2, 0.25) is 0 Å². The molecule has 4 N–H and O–H groups in total. The lowest BCUT2D eigenvalue weighted by atomic mass is 9.87. The van der Waals surface area contributed by atoms with Gasteiger partial charge in [-0.05, 0) is 31.6 Å². The Hall–Kier alpha value is -2.54. The first-order valence-corrected chi connectivity index (χ1v) is 6.42. The van der Waals surface area contributed by atoms with E-state index in [1.807, 2.05) is 26.0 Å². The summed E-state index contributed by atoms with van der Waals surface area (Å²) in [6.45, 7) is 3.70. The predicted molar refractivity (Wildman–Crippen MR) is 80.0 cm³/mol. The summed E-state index contributed by atoms with van der Waals surface area (Å²) in [7, 11) is 0. The third-order valence-corrected chi connectivity index (χ3v) is 3.53. The van der Waals surface area contributed by atoms with Crippen LogP contribution in [0, 0.1) is 10.1 Å². The highest BCUT2D eigenvalue weighted by atomic mass is 16.6. The Balaban J connectivity index is 2.24. The fourth-order valence-electron chi connectivity index (χ4n) is 1.99. The maximum Gasteiger partial charge on any atom is 0.269 e. The highest BCUT2D eigenvalue weighted by Gasteiger charge is 2.30. The van der Waals surface area contributed by atoms with E-state index in [-0.39, 0.29) is 11.7 Å². The van der Waals surface area contributed by atoms with Gasteiger partial charge in [0.15, 0.2) is 0 Å². The monoisotopic (exact) mass is 287 g/mol. The van der Waals surface area contributed by atoms with Gasteiger partial charge in [-0.25, -0.2) is 0 Å². The van der Waals surface area contributed by atoms with E-state index < -0.39 is 10.5 Å². The fourth-order valence-corrected chi connectivity index (χ4v) is 1.99. The van der Waals surface area contributed by atoms with Crippen molar-refractivity contribution in [2.24, 2.45) is 21.7 Å². The van der Waals surface area contributed by atoms with Gasteiger partial charge in [-0.2, -0.15) is 10.2 Å². The van der Waals surface area contributed by atoms with Crippen molar-refractivity contribution in [1.29, 1.82) is 0 Å². The molecule has 0 saturated heterocycles. The Labute approximate surface area is 122 Å². The van der Waals surface area contributed by atoms with Crippen molar-refractivity contribution in [1.82, 2.24) is 0 Å². The van der Waals surface area contributed by atoms with Gasteiger partial charge in [0.25, 0.3) is 5.69 Å². The highest BCUT2D eigenvalue weighted by Crippen LogP contribution is 2.30. The van der Waals surface area contributed by atoms with Crippen molar-refractivity contribution in [2.75, 3.05) is 0 Å². The van der Waals surface area contributed by atoms with Crippen LogP contribution in [0.25, 0.3) is 0 Å². The third kappa shape index (κ3) is 2.97. The van der Waals surface area contributed by atoms with Crippen LogP contribution in [0.1, 0.15) is 13.8 Å². The maximum absolute atomic E-state index is 10.6. The topological polar surface area (TPSA) is 120 Å². The normalized spacial score (nSPS) is 25.6. The van der Waals surface area contributed by atoms with Gasteiger partial charge in [0, 0.05) is 23.9 Å². The molecule has 0 aromatic heterocycles. The van der Waals surface area contributed by atoms with Crippen LogP contribution < -0.4 is 11.5 Å². The number of benzene rings is 1. The van der Waals surface area contributed by atoms with Crippen molar-refractivity contribution in [3.63, 3.8) is 0 Å². The van der Waals surface area contributed by atoms with Crippen LogP contribution in [-0.4, -0.2) is 16.5 Å². The molecule has 0 radical (unpaired) electrons. The second-order valence-corrected chi connectivity index (χ2v) is 5.10. The first kappa shape index (κ1) is 14.9. The van der Waals surface area contributed by atoms with Crippen LogP contribution in [-0.2, 0) is 0 Å². The molecule has 1 aromatic rings. The summed E-state index contributed by atoms with van der Waals surface area (Å²) in [6, 6.07) is 5.64. The van der Waals surface area contributed by atoms with Gasteiger partial charge in [-0.15, -0.1) is 0 Å². The lowest BCUT2D eigenvalue weighted by Gasteiger charge is -2.28. The molecule has 0 amide bonds. The van der Waals surface area contributed by atoms with E-state index in [1.54, 1.807) is 0 Å². The summed E-state index contributed by atoms with van der Waals surface area (Å²) in [5.74, 6) is 0. The van der Waals surface area contributed by atoms with Crippen LogP contribution >= 0.6 is 0 Å². The van der Waals surface area contributed by atoms with E-state index in [0.717, 1.165) is 5.57 Å². The number of nitro benzene ring substituents is 1. The molecule has 110 valence electrons. The minimum absolute atomic E-state index is 0.0129. The maximum atomic E-state index is 10.6. The zero-order valence-electron chi connectivity index (χ0n) is 11.9. The molecule has 21 heavy (non-hydrogen) atoms. The lowest BCUT2D eigenvalue weighted by molar-refractivity contribution is -0.384. The standard InChI is InChI=1S/C14H17N5O2/c1-9-12(15)7-8-14(2,13(9)16)18-17-10-3-5-11(6-4-10)19(20)21/h3-8,12H,15-16H2,1-2H3. The van der Waals surface area contributed by atoms with E-state index in [4.69, 9.17) is 11.5 Å². The average Bonchev–Trinajstić information content (AvgIpc) is 2.48. The molecule has 2 rings (SSSR count). The largest absolute Gasteiger partial charge is 0.400 e. The number of rotatable bonds is 3. The zero-order chi connectivity index (χ0) is 15.6. The van der Waals surface area contributed by atoms with E-state index in [9.17, 15) is 10.1 Å².